The number of pyridine rings is 1. The van der Waals surface area contributed by atoms with Gasteiger partial charge in [-0.1, -0.05) is 37.8 Å². The van der Waals surface area contributed by atoms with E-state index in [0.717, 1.165) is 71.3 Å². The maximum absolute atomic E-state index is 16.0. The minimum Gasteiger partial charge on any atom is -0.469 e. The lowest BCUT2D eigenvalue weighted by molar-refractivity contribution is -0.231. The Morgan fingerprint density at radius 3 is 2.00 bits per heavy atom. The van der Waals surface area contributed by atoms with Gasteiger partial charge in [0.1, 0.15) is 23.5 Å². The number of allylic oxidation sites excluding steroid dienone is 1. The Morgan fingerprint density at radius 1 is 0.886 bits per heavy atom. The Morgan fingerprint density at radius 2 is 1.48 bits per heavy atom. The molecule has 1 aromatic heterocycles. The molecule has 2 bridgehead atoms. The summed E-state index contributed by atoms with van der Waals surface area (Å²) in [6.07, 6.45) is -9.52. The van der Waals surface area contributed by atoms with Gasteiger partial charge in [-0.25, -0.2) is 23.6 Å². The molecule has 5 N–H and O–H groups in total. The van der Waals surface area contributed by atoms with Crippen molar-refractivity contribution in [3.8, 4) is 11.8 Å². The SMILES string of the molecule is CN=CC=C(N)c1cc(F)c(CN(C[C@H](O)[C@@H](CC(=O)[C@@H](NC(=O)OC)C(C)(C)C(F)(F)F)Cc2ccc(C#Cc3ccc(N4CC5CCC(C4)N5C4COC4)nc3)cc2)NC(=O)[C@@H](CC(=O)OC)C(C)(C)C(F)(F)F)c(F)c1. The molecule has 2 amide bonds. The number of alkyl halides is 6. The lowest BCUT2D eigenvalue weighted by Gasteiger charge is -2.47. The maximum atomic E-state index is 16.0. The number of ether oxygens (including phenoxy) is 3. The Balaban J connectivity index is 1.31. The van der Waals surface area contributed by atoms with Crippen molar-refractivity contribution < 1.29 is 73.6 Å². The van der Waals surface area contributed by atoms with Crippen LogP contribution in [0.3, 0.4) is 0 Å². The summed E-state index contributed by atoms with van der Waals surface area (Å²) in [5, 5.41) is 14.8. The molecule has 430 valence electrons. The van der Waals surface area contributed by atoms with Crippen LogP contribution in [0.2, 0.25) is 0 Å². The van der Waals surface area contributed by atoms with Crippen molar-refractivity contribution in [2.75, 3.05) is 59.0 Å². The van der Waals surface area contributed by atoms with E-state index >= 15 is 8.78 Å². The summed E-state index contributed by atoms with van der Waals surface area (Å²) in [4.78, 5) is 66.5. The van der Waals surface area contributed by atoms with Crippen molar-refractivity contribution in [2.45, 2.75) is 109 Å². The first-order chi connectivity index (χ1) is 37.1. The highest BCUT2D eigenvalue weighted by Crippen LogP contribution is 2.46. The highest BCUT2D eigenvalue weighted by molar-refractivity contribution is 5.89. The third-order valence-electron chi connectivity index (χ3n) is 15.1. The number of aliphatic hydroxyl groups is 1. The zero-order valence-electron chi connectivity index (χ0n) is 44.8. The van der Waals surface area contributed by atoms with Crippen LogP contribution in [0, 0.1) is 46.1 Å². The van der Waals surface area contributed by atoms with E-state index in [1.807, 2.05) is 17.4 Å². The van der Waals surface area contributed by atoms with E-state index in [4.69, 9.17) is 15.5 Å². The summed E-state index contributed by atoms with van der Waals surface area (Å²) in [6, 6.07) is 10.8. The molecule has 24 heteroatoms. The summed E-state index contributed by atoms with van der Waals surface area (Å²) in [5.41, 5.74) is 2.71. The molecule has 16 nitrogen and oxygen atoms in total. The van der Waals surface area contributed by atoms with Gasteiger partial charge in [0.2, 0.25) is 5.91 Å². The minimum atomic E-state index is -5.12. The number of hydrazine groups is 1. The average Bonchev–Trinajstić information content (AvgIpc) is 3.70. The van der Waals surface area contributed by atoms with Gasteiger partial charge in [-0.2, -0.15) is 26.3 Å². The fraction of sp³-hybridized carbons (Fsp3) is 0.527. The second kappa shape index (κ2) is 25.6. The number of hydrogen-bond donors (Lipinski definition) is 4. The van der Waals surface area contributed by atoms with Crippen molar-refractivity contribution in [3.63, 3.8) is 0 Å². The number of ketones is 1. The number of hydrogen-bond acceptors (Lipinski definition) is 14. The van der Waals surface area contributed by atoms with Gasteiger partial charge in [0, 0.05) is 92.1 Å². The molecule has 2 aromatic carbocycles. The number of nitrogens with two attached hydrogens (primary N) is 1. The summed E-state index contributed by atoms with van der Waals surface area (Å²) in [6.45, 7) is 3.89. The Hall–Kier alpha value is -6.68. The van der Waals surface area contributed by atoms with Gasteiger partial charge < -0.3 is 35.3 Å². The van der Waals surface area contributed by atoms with Crippen molar-refractivity contribution in [2.24, 2.45) is 33.4 Å². The van der Waals surface area contributed by atoms with Gasteiger partial charge in [0.15, 0.2) is 5.78 Å². The molecule has 0 spiro atoms. The summed E-state index contributed by atoms with van der Waals surface area (Å²) in [7, 11) is 3.16. The summed E-state index contributed by atoms with van der Waals surface area (Å²) >= 11 is 0. The van der Waals surface area contributed by atoms with Gasteiger partial charge in [-0.05, 0) is 87.1 Å². The van der Waals surface area contributed by atoms with Crippen molar-refractivity contribution in [1.29, 1.82) is 0 Å². The number of amides is 2. The number of nitrogens with one attached hydrogen (secondary N) is 2. The third kappa shape index (κ3) is 15.0. The molecular formula is C55H66F8N8O8. The molecule has 4 heterocycles. The number of aromatic nitrogens is 1. The van der Waals surface area contributed by atoms with E-state index in [2.05, 4.69) is 41.5 Å². The average molecular weight is 1120 g/mol. The molecule has 3 aromatic rings. The minimum absolute atomic E-state index is 0.120. The van der Waals surface area contributed by atoms with E-state index in [1.54, 1.807) is 30.5 Å². The molecule has 0 aliphatic carbocycles. The fourth-order valence-electron chi connectivity index (χ4n) is 9.90. The van der Waals surface area contributed by atoms with Crippen LogP contribution in [0.1, 0.15) is 81.2 Å². The molecule has 3 aliphatic heterocycles. The number of benzene rings is 2. The maximum Gasteiger partial charge on any atom is 0.407 e. The van der Waals surface area contributed by atoms with Crippen LogP contribution >= 0.6 is 0 Å². The van der Waals surface area contributed by atoms with Crippen LogP contribution in [0.4, 0.5) is 45.7 Å². The van der Waals surface area contributed by atoms with Crippen LogP contribution in [0.5, 0.6) is 0 Å². The molecule has 3 aliphatic rings. The number of halogens is 8. The number of rotatable bonds is 21. The molecule has 79 heavy (non-hydrogen) atoms. The molecule has 6 atom stereocenters. The lowest BCUT2D eigenvalue weighted by atomic mass is 9.75. The molecule has 0 saturated carbocycles. The number of fused-ring (bicyclic) bond motifs is 2. The number of esters is 1. The van der Waals surface area contributed by atoms with Crippen LogP contribution < -0.4 is 21.4 Å². The molecule has 3 saturated heterocycles. The Labute approximate surface area is 453 Å². The number of carbonyl (C=O) groups is 4. The highest BCUT2D eigenvalue weighted by atomic mass is 19.4. The van der Waals surface area contributed by atoms with Crippen LogP contribution in [0.25, 0.3) is 5.70 Å². The Kier molecular flexibility index (Phi) is 20.0. The predicted octanol–water partition coefficient (Wildman–Crippen LogP) is 6.90. The number of carbonyl (C=O) groups excluding carboxylic acids is 4. The number of methoxy groups -OCH3 is 2. The standard InChI is InChI=1S/C55H66F8N8O8/c1-52(2,54(58,59)60)41(24-48(74)77-6)50(75)68-70(28-40-42(56)21-35(22-43(40)57)44(64)18-19-65-5)29-46(73)36(23-45(72)49(67-51(76)78-7)53(3,4)55(61,62)63)20-33-11-8-32(9-12-33)10-13-34-14-17-47(66-25-34)69-26-37-15-16-38(27-69)71(37)39-30-79-31-39/h8-9,11-12,14,17-19,21-22,25,36-39,41,46,49,73H,15-16,20,23-24,26-31,64H2,1-7H3,(H,67,76)(H,68,75)/t36-,37?,38?,41-,46+,49-/m1/s1. The second-order valence-electron chi connectivity index (χ2n) is 21.1. The van der Waals surface area contributed by atoms with E-state index in [1.165, 1.54) is 19.3 Å². The molecule has 0 radical (unpaired) electrons. The van der Waals surface area contributed by atoms with Crippen molar-refractivity contribution in [3.05, 3.63) is 100 Å². The number of aliphatic hydroxyl groups excluding tert-OH is 1. The molecule has 3 fully saturated rings. The number of alkyl carbamates (subject to hydrolysis) is 1. The van der Waals surface area contributed by atoms with E-state index in [0.29, 0.717) is 67.5 Å². The van der Waals surface area contributed by atoms with Crippen LogP contribution in [-0.2, 0) is 41.6 Å². The Bertz CT molecular complexity index is 2740. The number of anilines is 1. The number of piperazine rings is 1. The van der Waals surface area contributed by atoms with Crippen molar-refractivity contribution in [1.82, 2.24) is 25.6 Å². The number of Topliss-reactive ketones (excluding diaryl/α,β-unsaturated/α-hetero) is 1. The predicted molar refractivity (Wildman–Crippen MR) is 276 cm³/mol. The smallest absolute Gasteiger partial charge is 0.407 e. The zero-order chi connectivity index (χ0) is 58.2. The number of nitrogens with zero attached hydrogens (tertiary/aromatic N) is 5. The second-order valence-corrected chi connectivity index (χ2v) is 21.1. The van der Waals surface area contributed by atoms with Gasteiger partial charge in [-0.3, -0.25) is 29.7 Å². The lowest BCUT2D eigenvalue weighted by Crippen LogP contribution is -2.62. The topological polar surface area (TPSA) is 201 Å². The van der Waals surface area contributed by atoms with E-state index < -0.39 is 114 Å². The largest absolute Gasteiger partial charge is 0.469 e. The monoisotopic (exact) mass is 1120 g/mol. The molecule has 2 unspecified atom stereocenters. The van der Waals surface area contributed by atoms with Crippen LogP contribution in [-0.4, -0.2) is 147 Å². The summed E-state index contributed by atoms with van der Waals surface area (Å²) in [5.74, 6) is -3.24. The highest BCUT2D eigenvalue weighted by Gasteiger charge is 2.57. The van der Waals surface area contributed by atoms with Crippen molar-refractivity contribution >= 4 is 41.5 Å². The number of aliphatic imine (C=N–C) groups is 1. The first kappa shape index (κ1) is 61.5. The van der Waals surface area contributed by atoms with Gasteiger partial charge in [-0.15, -0.1) is 0 Å². The summed E-state index contributed by atoms with van der Waals surface area (Å²) < 4.78 is 134. The molecular weight excluding hydrogens is 1050 g/mol. The van der Waals surface area contributed by atoms with Gasteiger partial charge in [0.25, 0.3) is 0 Å². The first-order valence-electron chi connectivity index (χ1n) is 25.4. The van der Waals surface area contributed by atoms with E-state index in [-0.39, 0.29) is 17.7 Å². The van der Waals surface area contributed by atoms with E-state index in [9.17, 15) is 50.6 Å². The fourth-order valence-corrected chi connectivity index (χ4v) is 9.90. The molecule has 6 rings (SSSR count). The van der Waals surface area contributed by atoms with Gasteiger partial charge in [0.05, 0.1) is 62.7 Å². The first-order valence-corrected chi connectivity index (χ1v) is 25.4. The quantitative estimate of drug-likeness (QED) is 0.0283. The van der Waals surface area contributed by atoms with Gasteiger partial charge >= 0.3 is 24.4 Å². The normalized spacial score (nSPS) is 19.0. The zero-order valence-corrected chi connectivity index (χ0v) is 44.8. The van der Waals surface area contributed by atoms with Crippen LogP contribution in [0.15, 0.2) is 65.8 Å². The third-order valence-corrected chi connectivity index (χ3v) is 15.1.